The SMILES string of the molecule is F.O=C(O)C(=O)O.O=P(O)(O)O. The molecule has 0 aromatic carbocycles. The third-order valence-corrected chi connectivity index (χ3v) is 0.183. The van der Waals surface area contributed by atoms with E-state index in [9.17, 15) is 0 Å². The molecule has 0 bridgehead atoms. The molecule has 0 rings (SSSR count). The third-order valence-electron chi connectivity index (χ3n) is 0.183. The Labute approximate surface area is 64.7 Å². The molecule has 0 aromatic rings. The smallest absolute Gasteiger partial charge is 0.466 e. The number of phosphoric acid groups is 1. The largest absolute Gasteiger partial charge is 0.473 e. The van der Waals surface area contributed by atoms with E-state index in [-0.39, 0.29) is 4.70 Å². The van der Waals surface area contributed by atoms with Crippen molar-refractivity contribution >= 4 is 19.8 Å². The first-order valence-electron chi connectivity index (χ1n) is 1.89. The lowest BCUT2D eigenvalue weighted by Crippen LogP contribution is -2.09. The van der Waals surface area contributed by atoms with Gasteiger partial charge in [-0.1, -0.05) is 0 Å². The Hall–Kier alpha value is -1.02. The minimum atomic E-state index is -4.64. The Bertz CT molecular complexity index is 173. The Balaban J connectivity index is -0.000000126. The molecule has 0 saturated heterocycles. The normalized spacial score (nSPS) is 8.58. The topological polar surface area (TPSA) is 152 Å². The molecular formula is C2H6FO8P. The molecule has 10 heteroatoms. The van der Waals surface area contributed by atoms with Gasteiger partial charge in [-0.25, -0.2) is 14.2 Å². The van der Waals surface area contributed by atoms with Gasteiger partial charge in [0.2, 0.25) is 0 Å². The predicted octanol–water partition coefficient (Wildman–Crippen LogP) is -1.62. The first-order chi connectivity index (χ1) is 4.64. The van der Waals surface area contributed by atoms with Crippen molar-refractivity contribution in [3.05, 3.63) is 0 Å². The Morgan fingerprint density at radius 2 is 1.00 bits per heavy atom. The molecule has 12 heavy (non-hydrogen) atoms. The summed E-state index contributed by atoms with van der Waals surface area (Å²) in [7, 11) is -4.64. The minimum absolute atomic E-state index is 0. The summed E-state index contributed by atoms with van der Waals surface area (Å²) >= 11 is 0. The van der Waals surface area contributed by atoms with Gasteiger partial charge in [0.1, 0.15) is 0 Å². The summed E-state index contributed by atoms with van der Waals surface area (Å²) in [5.41, 5.74) is 0. The van der Waals surface area contributed by atoms with Crippen LogP contribution >= 0.6 is 7.82 Å². The molecule has 0 amide bonds. The lowest BCUT2D eigenvalue weighted by atomic mass is 10.7. The van der Waals surface area contributed by atoms with Crippen LogP contribution in [0.4, 0.5) is 4.70 Å². The van der Waals surface area contributed by atoms with Crippen LogP contribution in [-0.4, -0.2) is 36.8 Å². The fourth-order valence-electron chi connectivity index (χ4n) is 0. The maximum absolute atomic E-state index is 9.10. The van der Waals surface area contributed by atoms with Crippen LogP contribution in [0.15, 0.2) is 0 Å². The molecule has 0 saturated carbocycles. The number of hydrogen-bond donors (Lipinski definition) is 5. The molecule has 0 radical (unpaired) electrons. The number of rotatable bonds is 0. The van der Waals surface area contributed by atoms with Gasteiger partial charge in [0.05, 0.1) is 0 Å². The second-order valence-electron chi connectivity index (χ2n) is 1.12. The highest BCUT2D eigenvalue weighted by Gasteiger charge is 2.04. The van der Waals surface area contributed by atoms with Crippen molar-refractivity contribution in [2.75, 3.05) is 0 Å². The molecular weight excluding hydrogens is 202 g/mol. The lowest BCUT2D eigenvalue weighted by molar-refractivity contribution is -0.159. The monoisotopic (exact) mass is 208 g/mol. The number of carboxylic acids is 2. The highest BCUT2D eigenvalue weighted by atomic mass is 31.2. The molecule has 0 atom stereocenters. The maximum atomic E-state index is 9.10. The van der Waals surface area contributed by atoms with Gasteiger partial charge >= 0.3 is 19.8 Å². The van der Waals surface area contributed by atoms with E-state index >= 15 is 0 Å². The van der Waals surface area contributed by atoms with Gasteiger partial charge in [0.15, 0.2) is 0 Å². The van der Waals surface area contributed by atoms with Gasteiger partial charge < -0.3 is 24.9 Å². The fraction of sp³-hybridized carbons (Fsp3) is 0. The van der Waals surface area contributed by atoms with Gasteiger partial charge in [0, 0.05) is 0 Å². The molecule has 0 spiro atoms. The van der Waals surface area contributed by atoms with Gasteiger partial charge in [-0.3, -0.25) is 4.70 Å². The fourth-order valence-corrected chi connectivity index (χ4v) is 0. The van der Waals surface area contributed by atoms with E-state index in [0.717, 1.165) is 0 Å². The Morgan fingerprint density at radius 3 is 1.00 bits per heavy atom. The van der Waals surface area contributed by atoms with Crippen molar-refractivity contribution in [1.29, 1.82) is 0 Å². The van der Waals surface area contributed by atoms with Crippen LogP contribution in [0.1, 0.15) is 0 Å². The molecule has 0 heterocycles. The van der Waals surface area contributed by atoms with Gasteiger partial charge in [0.25, 0.3) is 0 Å². The summed E-state index contributed by atoms with van der Waals surface area (Å²) in [6.07, 6.45) is 0. The second kappa shape index (κ2) is 6.68. The minimum Gasteiger partial charge on any atom is -0.473 e. The summed E-state index contributed by atoms with van der Waals surface area (Å²) in [6.45, 7) is 0. The van der Waals surface area contributed by atoms with Crippen LogP contribution in [0.5, 0.6) is 0 Å². The van der Waals surface area contributed by atoms with Gasteiger partial charge in [-0.2, -0.15) is 0 Å². The van der Waals surface area contributed by atoms with Crippen molar-refractivity contribution in [2.45, 2.75) is 0 Å². The molecule has 8 nitrogen and oxygen atoms in total. The van der Waals surface area contributed by atoms with Crippen LogP contribution in [-0.2, 0) is 14.2 Å². The van der Waals surface area contributed by atoms with Crippen LogP contribution < -0.4 is 0 Å². The van der Waals surface area contributed by atoms with Crippen LogP contribution in [0.2, 0.25) is 0 Å². The first-order valence-corrected chi connectivity index (χ1v) is 3.45. The highest BCUT2D eigenvalue weighted by Crippen LogP contribution is 2.25. The zero-order valence-electron chi connectivity index (χ0n) is 5.32. The average Bonchev–Trinajstić information content (AvgIpc) is 1.59. The summed E-state index contributed by atoms with van der Waals surface area (Å²) < 4.78 is 8.88. The summed E-state index contributed by atoms with van der Waals surface area (Å²) in [4.78, 5) is 39.8. The van der Waals surface area contributed by atoms with E-state index in [1.54, 1.807) is 0 Å². The molecule has 0 unspecified atom stereocenters. The van der Waals surface area contributed by atoms with Crippen LogP contribution in [0.3, 0.4) is 0 Å². The van der Waals surface area contributed by atoms with E-state index in [2.05, 4.69) is 0 Å². The maximum Gasteiger partial charge on any atom is 0.466 e. The number of aliphatic carboxylic acids is 2. The first kappa shape index (κ1) is 17.2. The van der Waals surface area contributed by atoms with E-state index in [4.69, 9.17) is 39.0 Å². The Kier molecular flexibility index (Phi) is 9.55. The van der Waals surface area contributed by atoms with E-state index in [1.807, 2.05) is 0 Å². The van der Waals surface area contributed by atoms with Gasteiger partial charge in [-0.15, -0.1) is 0 Å². The molecule has 5 N–H and O–H groups in total. The quantitative estimate of drug-likeness (QED) is 0.235. The van der Waals surface area contributed by atoms with Gasteiger partial charge in [-0.05, 0) is 0 Å². The van der Waals surface area contributed by atoms with Crippen molar-refractivity contribution < 1.29 is 43.8 Å². The van der Waals surface area contributed by atoms with Crippen molar-refractivity contribution in [3.63, 3.8) is 0 Å². The lowest BCUT2D eigenvalue weighted by Gasteiger charge is -1.82. The molecule has 0 aliphatic heterocycles. The number of carbonyl (C=O) groups is 2. The highest BCUT2D eigenvalue weighted by molar-refractivity contribution is 7.45. The second-order valence-corrected chi connectivity index (χ2v) is 2.15. The van der Waals surface area contributed by atoms with E-state index < -0.39 is 19.8 Å². The number of carboxylic acid groups (broad SMARTS) is 2. The Morgan fingerprint density at radius 1 is 0.917 bits per heavy atom. The van der Waals surface area contributed by atoms with Crippen molar-refractivity contribution in [2.24, 2.45) is 0 Å². The molecule has 0 aromatic heterocycles. The zero-order valence-corrected chi connectivity index (χ0v) is 6.21. The number of halogens is 1. The van der Waals surface area contributed by atoms with Crippen molar-refractivity contribution in [1.82, 2.24) is 0 Å². The van der Waals surface area contributed by atoms with E-state index in [1.165, 1.54) is 0 Å². The molecule has 74 valence electrons. The predicted molar refractivity (Wildman–Crippen MR) is 32.0 cm³/mol. The third kappa shape index (κ3) is 64.4. The van der Waals surface area contributed by atoms with Crippen molar-refractivity contribution in [3.8, 4) is 0 Å². The van der Waals surface area contributed by atoms with Crippen LogP contribution in [0.25, 0.3) is 0 Å². The molecule has 0 aliphatic rings. The zero-order chi connectivity index (χ0) is 9.65. The standard InChI is InChI=1S/C2H2O4.FH.H3O4P/c3-1(4)2(5)6;;1-5(2,3)4/h(H,3,4)(H,5,6);1H;(H3,1,2,3,4). The summed E-state index contributed by atoms with van der Waals surface area (Å²) in [5, 5.41) is 14.8. The molecule has 0 aliphatic carbocycles. The summed E-state index contributed by atoms with van der Waals surface area (Å²) in [5.74, 6) is -3.65. The number of hydrogen-bond acceptors (Lipinski definition) is 3. The summed E-state index contributed by atoms with van der Waals surface area (Å²) in [6, 6.07) is 0. The average molecular weight is 208 g/mol. The van der Waals surface area contributed by atoms with E-state index in [0.29, 0.717) is 0 Å². The molecule has 0 fully saturated rings. The van der Waals surface area contributed by atoms with Crippen LogP contribution in [0, 0.1) is 0 Å².